The smallest absolute Gasteiger partial charge is 0.408 e. The van der Waals surface area contributed by atoms with Gasteiger partial charge >= 0.3 is 12.1 Å². The van der Waals surface area contributed by atoms with Gasteiger partial charge in [0.05, 0.1) is 12.6 Å². The van der Waals surface area contributed by atoms with Gasteiger partial charge in [0, 0.05) is 10.6 Å². The van der Waals surface area contributed by atoms with Gasteiger partial charge in [-0.3, -0.25) is 0 Å². The first-order chi connectivity index (χ1) is 14.6. The fourth-order valence-electron chi connectivity index (χ4n) is 2.98. The summed E-state index contributed by atoms with van der Waals surface area (Å²) < 4.78 is 10.4. The zero-order valence-electron chi connectivity index (χ0n) is 18.7. The van der Waals surface area contributed by atoms with Gasteiger partial charge in [-0.05, 0) is 69.9 Å². The molecule has 1 N–H and O–H groups in total. The first-order valence-corrected chi connectivity index (χ1v) is 10.6. The number of carbonyl (C=O) groups excluding carboxylic acids is 2. The molecule has 0 heterocycles. The minimum absolute atomic E-state index is 0.291. The predicted molar refractivity (Wildman–Crippen MR) is 124 cm³/mol. The first kappa shape index (κ1) is 24.5. The van der Waals surface area contributed by atoms with E-state index in [1.165, 1.54) is 0 Å². The number of amides is 1. The molecule has 2 aromatic carbocycles. The molecule has 0 fully saturated rings. The number of alkyl carbamates (subject to hydrolysis) is 1. The van der Waals surface area contributed by atoms with Crippen molar-refractivity contribution in [1.29, 1.82) is 0 Å². The first-order valence-electron chi connectivity index (χ1n) is 10.3. The molecule has 0 aliphatic rings. The molecule has 0 aliphatic heterocycles. The number of hydrogen-bond acceptors (Lipinski definition) is 4. The van der Waals surface area contributed by atoms with E-state index >= 15 is 0 Å². The van der Waals surface area contributed by atoms with Crippen LogP contribution in [-0.2, 0) is 20.7 Å². The van der Waals surface area contributed by atoms with Crippen LogP contribution < -0.4 is 5.32 Å². The third-order valence-electron chi connectivity index (χ3n) is 4.32. The van der Waals surface area contributed by atoms with Gasteiger partial charge in [0.15, 0.2) is 0 Å². The monoisotopic (exact) mass is 443 g/mol. The van der Waals surface area contributed by atoms with Gasteiger partial charge in [0.2, 0.25) is 0 Å². The molecule has 2 aromatic rings. The average molecular weight is 444 g/mol. The molecule has 0 aliphatic carbocycles. The molecule has 1 amide bonds. The second kappa shape index (κ2) is 11.0. The molecule has 0 saturated carbocycles. The van der Waals surface area contributed by atoms with Gasteiger partial charge in [-0.1, -0.05) is 54.1 Å². The van der Waals surface area contributed by atoms with Crippen LogP contribution in [0.3, 0.4) is 0 Å². The summed E-state index contributed by atoms with van der Waals surface area (Å²) in [5.74, 6) is -0.408. The van der Waals surface area contributed by atoms with Crippen LogP contribution in [0.25, 0.3) is 11.1 Å². The Hall–Kier alpha value is -2.79. The summed E-state index contributed by atoms with van der Waals surface area (Å²) in [4.78, 5) is 24.3. The molecule has 0 saturated heterocycles. The van der Waals surface area contributed by atoms with E-state index in [-0.39, 0.29) is 0 Å². The van der Waals surface area contributed by atoms with Crippen molar-refractivity contribution in [2.75, 3.05) is 6.61 Å². The molecule has 31 heavy (non-hydrogen) atoms. The maximum absolute atomic E-state index is 12.3. The molecular formula is C25H30ClNO4. The Morgan fingerprint density at radius 1 is 1.10 bits per heavy atom. The van der Waals surface area contributed by atoms with Crippen LogP contribution in [0, 0.1) is 0 Å². The lowest BCUT2D eigenvalue weighted by Gasteiger charge is -2.23. The lowest BCUT2D eigenvalue weighted by atomic mass is 9.99. The van der Waals surface area contributed by atoms with E-state index < -0.39 is 23.7 Å². The van der Waals surface area contributed by atoms with E-state index in [0.29, 0.717) is 23.6 Å². The SMILES string of the molecule is CCOC(=O)/C(C)=C/C(Cc1ccc(-c2cccc(Cl)c2)cc1)NC(=O)OC(C)(C)C. The van der Waals surface area contributed by atoms with E-state index in [1.54, 1.807) is 40.7 Å². The summed E-state index contributed by atoms with van der Waals surface area (Å²) in [6, 6.07) is 15.2. The number of carbonyl (C=O) groups is 2. The summed E-state index contributed by atoms with van der Waals surface area (Å²) in [6.45, 7) is 9.12. The van der Waals surface area contributed by atoms with Crippen molar-refractivity contribution in [1.82, 2.24) is 5.32 Å². The topological polar surface area (TPSA) is 64.6 Å². The number of esters is 1. The van der Waals surface area contributed by atoms with E-state index in [2.05, 4.69) is 5.32 Å². The third-order valence-corrected chi connectivity index (χ3v) is 4.55. The minimum Gasteiger partial charge on any atom is -0.463 e. The van der Waals surface area contributed by atoms with Crippen LogP contribution in [0.5, 0.6) is 0 Å². The maximum Gasteiger partial charge on any atom is 0.408 e. The minimum atomic E-state index is -0.618. The highest BCUT2D eigenvalue weighted by atomic mass is 35.5. The van der Waals surface area contributed by atoms with Crippen molar-refractivity contribution in [2.45, 2.75) is 52.7 Å². The summed E-state index contributed by atoms with van der Waals surface area (Å²) in [5.41, 5.74) is 2.88. The second-order valence-corrected chi connectivity index (χ2v) is 8.67. The van der Waals surface area contributed by atoms with Gasteiger partial charge < -0.3 is 14.8 Å². The van der Waals surface area contributed by atoms with E-state index in [0.717, 1.165) is 16.7 Å². The number of benzene rings is 2. The molecule has 166 valence electrons. The fraction of sp³-hybridized carbons (Fsp3) is 0.360. The molecule has 2 rings (SSSR count). The van der Waals surface area contributed by atoms with Gasteiger partial charge in [0.1, 0.15) is 5.60 Å². The quantitative estimate of drug-likeness (QED) is 0.424. The van der Waals surface area contributed by atoms with Crippen LogP contribution in [0.1, 0.15) is 40.2 Å². The number of nitrogens with one attached hydrogen (secondary N) is 1. The zero-order chi connectivity index (χ0) is 23.0. The molecule has 6 heteroatoms. The van der Waals surface area contributed by atoms with Crippen LogP contribution in [0.4, 0.5) is 4.79 Å². The lowest BCUT2D eigenvalue weighted by Crippen LogP contribution is -2.39. The van der Waals surface area contributed by atoms with Gasteiger partial charge in [0.25, 0.3) is 0 Å². The standard InChI is InChI=1S/C25H30ClNO4/c1-6-30-23(28)17(2)14-22(27-24(29)31-25(3,4)5)15-18-10-12-19(13-11-18)20-8-7-9-21(26)16-20/h7-14,16,22H,6,15H2,1-5H3,(H,27,29)/b17-14+. The summed E-state index contributed by atoms with van der Waals surface area (Å²) >= 11 is 6.09. The third kappa shape index (κ3) is 8.46. The number of halogens is 1. The van der Waals surface area contributed by atoms with Gasteiger partial charge in [-0.25, -0.2) is 9.59 Å². The summed E-state index contributed by atoms with van der Waals surface area (Å²) in [7, 11) is 0. The summed E-state index contributed by atoms with van der Waals surface area (Å²) in [5, 5.41) is 3.52. The number of rotatable bonds is 7. The molecular weight excluding hydrogens is 414 g/mol. The number of hydrogen-bond donors (Lipinski definition) is 1. The Kier molecular flexibility index (Phi) is 8.69. The van der Waals surface area contributed by atoms with Crippen molar-refractivity contribution >= 4 is 23.7 Å². The zero-order valence-corrected chi connectivity index (χ0v) is 19.5. The highest BCUT2D eigenvalue weighted by Crippen LogP contribution is 2.23. The highest BCUT2D eigenvalue weighted by Gasteiger charge is 2.20. The van der Waals surface area contributed by atoms with E-state index in [9.17, 15) is 9.59 Å². The van der Waals surface area contributed by atoms with Crippen LogP contribution >= 0.6 is 11.6 Å². The second-order valence-electron chi connectivity index (χ2n) is 8.23. The maximum atomic E-state index is 12.3. The molecule has 0 aromatic heterocycles. The van der Waals surface area contributed by atoms with Gasteiger partial charge in [-0.2, -0.15) is 0 Å². The van der Waals surface area contributed by atoms with Crippen LogP contribution in [0.2, 0.25) is 5.02 Å². The Bertz CT molecular complexity index is 929. The fourth-order valence-corrected chi connectivity index (χ4v) is 3.17. The lowest BCUT2D eigenvalue weighted by molar-refractivity contribution is -0.138. The predicted octanol–water partition coefficient (Wildman–Crippen LogP) is 5.95. The van der Waals surface area contributed by atoms with Crippen molar-refractivity contribution in [2.24, 2.45) is 0 Å². The van der Waals surface area contributed by atoms with Crippen molar-refractivity contribution in [3.63, 3.8) is 0 Å². The molecule has 0 bridgehead atoms. The van der Waals surface area contributed by atoms with Crippen molar-refractivity contribution in [3.8, 4) is 11.1 Å². The van der Waals surface area contributed by atoms with Crippen LogP contribution in [0.15, 0.2) is 60.2 Å². The Morgan fingerprint density at radius 2 is 1.77 bits per heavy atom. The Morgan fingerprint density at radius 3 is 2.35 bits per heavy atom. The highest BCUT2D eigenvalue weighted by molar-refractivity contribution is 6.30. The number of ether oxygens (including phenoxy) is 2. The van der Waals surface area contributed by atoms with E-state index in [4.69, 9.17) is 21.1 Å². The Labute approximate surface area is 189 Å². The molecule has 0 radical (unpaired) electrons. The Balaban J connectivity index is 2.20. The summed E-state index contributed by atoms with van der Waals surface area (Å²) in [6.07, 6.45) is 1.65. The molecule has 0 spiro atoms. The average Bonchev–Trinajstić information content (AvgIpc) is 2.67. The molecule has 5 nitrogen and oxygen atoms in total. The normalized spacial score (nSPS) is 12.8. The van der Waals surface area contributed by atoms with Crippen molar-refractivity contribution < 1.29 is 19.1 Å². The van der Waals surface area contributed by atoms with Crippen molar-refractivity contribution in [3.05, 3.63) is 70.8 Å². The van der Waals surface area contributed by atoms with Gasteiger partial charge in [-0.15, -0.1) is 0 Å². The largest absolute Gasteiger partial charge is 0.463 e. The molecule has 1 unspecified atom stereocenters. The van der Waals surface area contributed by atoms with Crippen LogP contribution in [-0.4, -0.2) is 30.3 Å². The van der Waals surface area contributed by atoms with E-state index in [1.807, 2.05) is 48.5 Å². The molecule has 1 atom stereocenters.